The molecule has 0 saturated carbocycles. The first kappa shape index (κ1) is 29.2. The Hall–Kier alpha value is -4.88. The minimum Gasteiger partial charge on any atom is -0.310 e. The van der Waals surface area contributed by atoms with Crippen molar-refractivity contribution >= 4 is 50.1 Å². The van der Waals surface area contributed by atoms with Gasteiger partial charge < -0.3 is 9.80 Å². The molecule has 6 rings (SSSR count). The van der Waals surface area contributed by atoms with E-state index in [1.165, 1.54) is 24.3 Å². The highest BCUT2D eigenvalue weighted by Crippen LogP contribution is 2.39. The fraction of sp³-hybridized carbons (Fsp3) is 0.0270. The van der Waals surface area contributed by atoms with Crippen molar-refractivity contribution in [2.45, 2.75) is 6.92 Å². The zero-order chi connectivity index (χ0) is 30.8. The van der Waals surface area contributed by atoms with Gasteiger partial charge in [0, 0.05) is 39.4 Å². The molecule has 0 amide bonds. The molecule has 0 aliphatic heterocycles. The summed E-state index contributed by atoms with van der Waals surface area (Å²) in [5.41, 5.74) is 6.53. The van der Waals surface area contributed by atoms with Gasteiger partial charge in [0.15, 0.2) is 0 Å². The number of benzene rings is 6. The molecule has 0 aliphatic rings. The van der Waals surface area contributed by atoms with Crippen LogP contribution in [0.4, 0.5) is 51.7 Å². The molecule has 0 atom stereocenters. The van der Waals surface area contributed by atoms with Crippen molar-refractivity contribution in [3.8, 4) is 11.1 Å². The van der Waals surface area contributed by atoms with Gasteiger partial charge in [-0.15, -0.1) is 0 Å². The predicted molar refractivity (Wildman–Crippen MR) is 174 cm³/mol. The van der Waals surface area contributed by atoms with Gasteiger partial charge in [0.05, 0.1) is 11.4 Å². The monoisotopic (exact) mass is 652 g/mol. The summed E-state index contributed by atoms with van der Waals surface area (Å²) in [5.74, 6) is -2.65. The number of anilines is 6. The molecule has 7 heteroatoms. The Labute approximate surface area is 261 Å². The van der Waals surface area contributed by atoms with Crippen LogP contribution < -0.4 is 9.80 Å². The normalized spacial score (nSPS) is 11.0. The summed E-state index contributed by atoms with van der Waals surface area (Å²) in [7, 11) is 0. The summed E-state index contributed by atoms with van der Waals surface area (Å²) in [6.45, 7) is 1.96. The topological polar surface area (TPSA) is 6.48 Å². The molecule has 2 nitrogen and oxygen atoms in total. The molecule has 0 unspecified atom stereocenters. The summed E-state index contributed by atoms with van der Waals surface area (Å²) < 4.78 is 57.8. The Kier molecular flexibility index (Phi) is 8.22. The van der Waals surface area contributed by atoms with Gasteiger partial charge in [-0.2, -0.15) is 0 Å². The van der Waals surface area contributed by atoms with E-state index in [0.29, 0.717) is 11.4 Å². The lowest BCUT2D eigenvalue weighted by Crippen LogP contribution is -2.11. The molecule has 0 aliphatic carbocycles. The number of rotatable bonds is 7. The summed E-state index contributed by atoms with van der Waals surface area (Å²) in [4.78, 5) is 3.59. The van der Waals surface area contributed by atoms with E-state index in [9.17, 15) is 17.6 Å². The van der Waals surface area contributed by atoms with Crippen LogP contribution in [0.5, 0.6) is 0 Å². The standard InChI is InChI=1S/C37H25BrF4N2/c1-24-3-2-4-35(17-24)44(37-22-30(41)19-31(42)23-37)33-13-7-26(8-14-33)25-5-11-32(12-6-25)43(34-15-9-27(38)10-16-34)36-20-28(39)18-29(40)21-36/h2-23H,1H3. The maximum Gasteiger partial charge on any atom is 0.128 e. The van der Waals surface area contributed by atoms with E-state index in [4.69, 9.17) is 0 Å². The van der Waals surface area contributed by atoms with Crippen molar-refractivity contribution in [3.63, 3.8) is 0 Å². The maximum atomic E-state index is 14.2. The lowest BCUT2D eigenvalue weighted by atomic mass is 10.0. The van der Waals surface area contributed by atoms with Crippen LogP contribution >= 0.6 is 15.9 Å². The quantitative estimate of drug-likeness (QED) is 0.158. The van der Waals surface area contributed by atoms with E-state index in [0.717, 1.165) is 56.0 Å². The first-order valence-corrected chi connectivity index (χ1v) is 14.6. The molecule has 44 heavy (non-hydrogen) atoms. The third-order valence-corrected chi connectivity index (χ3v) is 7.67. The molecule has 0 aromatic heterocycles. The molecule has 0 radical (unpaired) electrons. The number of halogens is 5. The van der Waals surface area contributed by atoms with Gasteiger partial charge in [-0.05, 0) is 109 Å². The average Bonchev–Trinajstić information content (AvgIpc) is 2.98. The number of nitrogens with zero attached hydrogens (tertiary/aromatic N) is 2. The van der Waals surface area contributed by atoms with Crippen LogP contribution in [0.2, 0.25) is 0 Å². The molecule has 0 bridgehead atoms. The zero-order valence-electron chi connectivity index (χ0n) is 23.5. The van der Waals surface area contributed by atoms with Crippen molar-refractivity contribution in [1.82, 2.24) is 0 Å². The van der Waals surface area contributed by atoms with E-state index < -0.39 is 23.3 Å². The zero-order valence-corrected chi connectivity index (χ0v) is 25.1. The second kappa shape index (κ2) is 12.4. The van der Waals surface area contributed by atoms with E-state index in [-0.39, 0.29) is 0 Å². The van der Waals surface area contributed by atoms with Crippen LogP contribution in [0.1, 0.15) is 5.56 Å². The van der Waals surface area contributed by atoms with Crippen molar-refractivity contribution in [1.29, 1.82) is 0 Å². The summed E-state index contributed by atoms with van der Waals surface area (Å²) in [6, 6.07) is 37.4. The van der Waals surface area contributed by atoms with Crippen molar-refractivity contribution < 1.29 is 17.6 Å². The van der Waals surface area contributed by atoms with Crippen molar-refractivity contribution in [2.24, 2.45) is 0 Å². The van der Waals surface area contributed by atoms with Crippen LogP contribution in [-0.4, -0.2) is 0 Å². The Morgan fingerprint density at radius 3 is 1.20 bits per heavy atom. The summed E-state index contributed by atoms with van der Waals surface area (Å²) >= 11 is 3.44. The molecular weight excluding hydrogens is 628 g/mol. The van der Waals surface area contributed by atoms with Crippen LogP contribution in [0.15, 0.2) is 138 Å². The largest absolute Gasteiger partial charge is 0.310 e. The van der Waals surface area contributed by atoms with Gasteiger partial charge in [-0.3, -0.25) is 0 Å². The smallest absolute Gasteiger partial charge is 0.128 e. The second-order valence-electron chi connectivity index (χ2n) is 10.3. The third kappa shape index (κ3) is 6.38. The van der Waals surface area contributed by atoms with Gasteiger partial charge in [-0.1, -0.05) is 52.3 Å². The van der Waals surface area contributed by atoms with Crippen LogP contribution in [0, 0.1) is 30.2 Å². The van der Waals surface area contributed by atoms with Crippen LogP contribution in [0.3, 0.4) is 0 Å². The summed E-state index contributed by atoms with van der Waals surface area (Å²) in [5, 5.41) is 0. The van der Waals surface area contributed by atoms with E-state index in [1.54, 1.807) is 9.80 Å². The second-order valence-corrected chi connectivity index (χ2v) is 11.3. The number of aryl methyl sites for hydroxylation is 1. The first-order valence-electron chi connectivity index (χ1n) is 13.8. The fourth-order valence-electron chi connectivity index (χ4n) is 5.19. The Morgan fingerprint density at radius 1 is 0.409 bits per heavy atom. The molecule has 0 spiro atoms. The lowest BCUT2D eigenvalue weighted by Gasteiger charge is -2.26. The summed E-state index contributed by atoms with van der Waals surface area (Å²) in [6.07, 6.45) is 0. The van der Waals surface area contributed by atoms with Gasteiger partial charge in [-0.25, -0.2) is 17.6 Å². The molecule has 0 fully saturated rings. The molecule has 0 heterocycles. The predicted octanol–water partition coefficient (Wildman–Crippen LogP) is 11.9. The number of hydrogen-bond donors (Lipinski definition) is 0. The maximum absolute atomic E-state index is 14.2. The number of hydrogen-bond acceptors (Lipinski definition) is 2. The van der Waals surface area contributed by atoms with Gasteiger partial charge in [0.2, 0.25) is 0 Å². The fourth-order valence-corrected chi connectivity index (χ4v) is 5.46. The third-order valence-electron chi connectivity index (χ3n) is 7.14. The average molecular weight is 654 g/mol. The van der Waals surface area contributed by atoms with E-state index >= 15 is 0 Å². The Balaban J connectivity index is 1.35. The molecule has 6 aromatic rings. The highest BCUT2D eigenvalue weighted by molar-refractivity contribution is 9.10. The van der Waals surface area contributed by atoms with Crippen LogP contribution in [0.25, 0.3) is 11.1 Å². The lowest BCUT2D eigenvalue weighted by molar-refractivity contribution is 0.583. The Bertz CT molecular complexity index is 1880. The first-order chi connectivity index (χ1) is 21.2. The highest BCUT2D eigenvalue weighted by Gasteiger charge is 2.17. The Morgan fingerprint density at radius 2 is 0.795 bits per heavy atom. The molecule has 6 aromatic carbocycles. The van der Waals surface area contributed by atoms with Crippen molar-refractivity contribution in [3.05, 3.63) is 167 Å². The highest BCUT2D eigenvalue weighted by atomic mass is 79.9. The van der Waals surface area contributed by atoms with E-state index in [2.05, 4.69) is 15.9 Å². The molecule has 0 saturated heterocycles. The van der Waals surface area contributed by atoms with Gasteiger partial charge in [0.25, 0.3) is 0 Å². The van der Waals surface area contributed by atoms with Gasteiger partial charge >= 0.3 is 0 Å². The van der Waals surface area contributed by atoms with Gasteiger partial charge in [0.1, 0.15) is 23.3 Å². The SMILES string of the molecule is Cc1cccc(N(c2ccc(-c3ccc(N(c4ccc(Br)cc4)c4cc(F)cc(F)c4)cc3)cc2)c2cc(F)cc(F)c2)c1. The minimum absolute atomic E-state index is 0.354. The van der Waals surface area contributed by atoms with E-state index in [1.807, 2.05) is 104 Å². The molecule has 218 valence electrons. The van der Waals surface area contributed by atoms with Crippen molar-refractivity contribution in [2.75, 3.05) is 9.80 Å². The molecule has 0 N–H and O–H groups in total. The minimum atomic E-state index is -0.667. The van der Waals surface area contributed by atoms with Crippen LogP contribution in [-0.2, 0) is 0 Å². The molecular formula is C37H25BrF4N2.